The molecule has 4 nitrogen and oxygen atoms in total. The fourth-order valence-corrected chi connectivity index (χ4v) is 2.70. The molecule has 2 rings (SSSR count). The number of hydrogen-bond acceptors (Lipinski definition) is 3. The second-order valence-electron chi connectivity index (χ2n) is 7.53. The number of nitriles is 1. The maximum Gasteiger partial charge on any atom is 0.370 e. The third-order valence-corrected chi connectivity index (χ3v) is 4.50. The van der Waals surface area contributed by atoms with Crippen molar-refractivity contribution in [1.29, 1.82) is 5.26 Å². The van der Waals surface area contributed by atoms with Crippen LogP contribution in [0.4, 0.5) is 17.6 Å². The summed E-state index contributed by atoms with van der Waals surface area (Å²) in [7, 11) is 5.01. The summed E-state index contributed by atoms with van der Waals surface area (Å²) in [5.74, 6) is -4.32. The van der Waals surface area contributed by atoms with Gasteiger partial charge in [-0.15, -0.1) is 0 Å². The van der Waals surface area contributed by atoms with E-state index in [1.165, 1.54) is 0 Å². The number of ether oxygens (including phenoxy) is 1. The zero-order valence-corrected chi connectivity index (χ0v) is 16.8. The highest BCUT2D eigenvalue weighted by molar-refractivity contribution is 5.77. The van der Waals surface area contributed by atoms with Crippen LogP contribution in [0.1, 0.15) is 16.7 Å². The predicted molar refractivity (Wildman–Crippen MR) is 101 cm³/mol. The Morgan fingerprint density at radius 3 is 2.03 bits per heavy atom. The van der Waals surface area contributed by atoms with Gasteiger partial charge in [-0.25, -0.2) is 13.6 Å². The van der Waals surface area contributed by atoms with Crippen LogP contribution < -0.4 is 4.74 Å². The maximum atomic E-state index is 14.1. The first kappa shape index (κ1) is 22.9. The smallest absolute Gasteiger partial charge is 0.370 e. The standard InChI is InChI=1S/C22H19F4N2O2/c1-13-17(23)19(25)21(20(26)18(13)24)30-22(29)16(28(2,3)4)12-15-9-7-14(8-10-15)6-5-11-27/h7-10,16H,12H2,1-4H3/q+1. The molecule has 2 aromatic carbocycles. The van der Waals surface area contributed by atoms with Gasteiger partial charge in [0.15, 0.2) is 23.7 Å². The van der Waals surface area contributed by atoms with Crippen molar-refractivity contribution in [2.75, 3.05) is 21.1 Å². The maximum absolute atomic E-state index is 14.1. The Labute approximate surface area is 171 Å². The number of hydrogen-bond donors (Lipinski definition) is 0. The van der Waals surface area contributed by atoms with E-state index in [4.69, 9.17) is 10.00 Å². The van der Waals surface area contributed by atoms with Crippen molar-refractivity contribution >= 4 is 5.97 Å². The summed E-state index contributed by atoms with van der Waals surface area (Å²) in [5.41, 5.74) is 0.446. The van der Waals surface area contributed by atoms with E-state index in [0.717, 1.165) is 6.92 Å². The molecule has 0 fully saturated rings. The molecule has 2 aromatic rings. The second-order valence-corrected chi connectivity index (χ2v) is 7.53. The van der Waals surface area contributed by atoms with Gasteiger partial charge in [-0.1, -0.05) is 18.1 Å². The van der Waals surface area contributed by atoms with Crippen LogP contribution in [0, 0.1) is 53.4 Å². The molecule has 8 heteroatoms. The van der Waals surface area contributed by atoms with Crippen molar-refractivity contribution in [3.63, 3.8) is 0 Å². The number of carbonyl (C=O) groups excluding carboxylic acids is 1. The highest BCUT2D eigenvalue weighted by atomic mass is 19.2. The Balaban J connectivity index is 2.33. The van der Waals surface area contributed by atoms with Gasteiger partial charge in [0.1, 0.15) is 0 Å². The molecule has 1 unspecified atom stereocenters. The average molecular weight is 419 g/mol. The van der Waals surface area contributed by atoms with E-state index in [-0.39, 0.29) is 10.9 Å². The molecule has 0 aliphatic rings. The number of halogens is 4. The molecule has 30 heavy (non-hydrogen) atoms. The highest BCUT2D eigenvalue weighted by Gasteiger charge is 2.36. The first-order chi connectivity index (χ1) is 14.0. The van der Waals surface area contributed by atoms with Gasteiger partial charge >= 0.3 is 5.97 Å². The number of carbonyl (C=O) groups is 1. The van der Waals surface area contributed by atoms with Crippen molar-refractivity contribution in [2.45, 2.75) is 19.4 Å². The largest absolute Gasteiger partial charge is 0.416 e. The SMILES string of the molecule is Cc1c(F)c(F)c(OC(=O)C(Cc2ccc(C#CC#N)cc2)[N+](C)(C)C)c(F)c1F. The number of quaternary nitrogens is 1. The van der Waals surface area contributed by atoms with Crippen LogP contribution in [0.25, 0.3) is 0 Å². The van der Waals surface area contributed by atoms with Crippen LogP contribution in [0.15, 0.2) is 24.3 Å². The number of nitrogens with zero attached hydrogens (tertiary/aromatic N) is 2. The summed E-state index contributed by atoms with van der Waals surface area (Å²) in [6, 6.07) is 7.44. The number of benzene rings is 2. The average Bonchev–Trinajstić information content (AvgIpc) is 2.70. The number of esters is 1. The lowest BCUT2D eigenvalue weighted by atomic mass is 10.0. The zero-order valence-electron chi connectivity index (χ0n) is 16.8. The fourth-order valence-electron chi connectivity index (χ4n) is 2.70. The first-order valence-corrected chi connectivity index (χ1v) is 8.81. The topological polar surface area (TPSA) is 50.1 Å². The predicted octanol–water partition coefficient (Wildman–Crippen LogP) is 3.65. The van der Waals surface area contributed by atoms with E-state index in [9.17, 15) is 22.4 Å². The van der Waals surface area contributed by atoms with Crippen LogP contribution in [0.2, 0.25) is 0 Å². The molecule has 0 aromatic heterocycles. The van der Waals surface area contributed by atoms with Gasteiger partial charge in [0.2, 0.25) is 17.4 Å². The molecule has 0 saturated heterocycles. The van der Waals surface area contributed by atoms with Gasteiger partial charge in [-0.3, -0.25) is 0 Å². The lowest BCUT2D eigenvalue weighted by molar-refractivity contribution is -0.887. The summed E-state index contributed by atoms with van der Waals surface area (Å²) in [6.45, 7) is 0.877. The summed E-state index contributed by atoms with van der Waals surface area (Å²) >= 11 is 0. The molecule has 0 aliphatic heterocycles. The molecule has 0 amide bonds. The quantitative estimate of drug-likeness (QED) is 0.186. The Bertz CT molecular complexity index is 1040. The van der Waals surface area contributed by atoms with Crippen LogP contribution in [-0.4, -0.2) is 37.6 Å². The normalized spacial score (nSPS) is 11.8. The van der Waals surface area contributed by atoms with Crippen LogP contribution in [0.3, 0.4) is 0 Å². The Morgan fingerprint density at radius 1 is 1.03 bits per heavy atom. The third kappa shape index (κ3) is 4.97. The van der Waals surface area contributed by atoms with E-state index < -0.39 is 46.6 Å². The van der Waals surface area contributed by atoms with Crippen molar-refractivity contribution in [2.24, 2.45) is 0 Å². The molecule has 0 aliphatic carbocycles. The zero-order chi connectivity index (χ0) is 22.6. The van der Waals surface area contributed by atoms with Gasteiger partial charge in [-0.2, -0.15) is 14.0 Å². The van der Waals surface area contributed by atoms with Crippen LogP contribution in [0.5, 0.6) is 5.75 Å². The monoisotopic (exact) mass is 419 g/mol. The van der Waals surface area contributed by atoms with Gasteiger partial charge in [0.25, 0.3) is 0 Å². The van der Waals surface area contributed by atoms with Crippen molar-refractivity contribution in [3.05, 3.63) is 64.2 Å². The van der Waals surface area contributed by atoms with Crippen molar-refractivity contribution in [3.8, 4) is 23.7 Å². The third-order valence-electron chi connectivity index (χ3n) is 4.50. The van der Waals surface area contributed by atoms with Gasteiger partial charge in [0.05, 0.1) is 21.1 Å². The van der Waals surface area contributed by atoms with Crippen molar-refractivity contribution < 1.29 is 31.6 Å². The number of rotatable bonds is 5. The van der Waals surface area contributed by atoms with E-state index in [2.05, 4.69) is 11.8 Å². The molecule has 0 spiro atoms. The lowest BCUT2D eigenvalue weighted by Gasteiger charge is -2.32. The molecule has 1 atom stereocenters. The second kappa shape index (κ2) is 8.98. The van der Waals surface area contributed by atoms with Crippen LogP contribution in [-0.2, 0) is 11.2 Å². The van der Waals surface area contributed by atoms with Crippen LogP contribution >= 0.6 is 0 Å². The first-order valence-electron chi connectivity index (χ1n) is 8.81. The van der Waals surface area contributed by atoms with Crippen molar-refractivity contribution in [1.82, 2.24) is 0 Å². The summed E-state index contributed by atoms with van der Waals surface area (Å²) in [6.07, 6.45) is 0.119. The van der Waals surface area contributed by atoms with Gasteiger partial charge in [-0.05, 0) is 24.6 Å². The minimum Gasteiger partial charge on any atom is -0.416 e. The molecule has 156 valence electrons. The Morgan fingerprint density at radius 2 is 1.57 bits per heavy atom. The van der Waals surface area contributed by atoms with E-state index in [1.54, 1.807) is 51.5 Å². The fraction of sp³-hybridized carbons (Fsp3) is 0.273. The number of likely N-dealkylation sites (N-methyl/N-ethyl adjacent to an activating group) is 1. The van der Waals surface area contributed by atoms with E-state index in [1.807, 2.05) is 0 Å². The van der Waals surface area contributed by atoms with Gasteiger partial charge in [0, 0.05) is 23.5 Å². The molecular weight excluding hydrogens is 400 g/mol. The minimum absolute atomic E-state index is 0.0227. The minimum atomic E-state index is -1.76. The van der Waals surface area contributed by atoms with Gasteiger partial charge < -0.3 is 9.22 Å². The van der Waals surface area contributed by atoms with E-state index in [0.29, 0.717) is 11.1 Å². The summed E-state index contributed by atoms with van der Waals surface area (Å²) in [4.78, 5) is 12.7. The summed E-state index contributed by atoms with van der Waals surface area (Å²) < 4.78 is 60.6. The molecule has 0 saturated carbocycles. The Hall–Kier alpha value is -3.36. The Kier molecular flexibility index (Phi) is 6.86. The highest BCUT2D eigenvalue weighted by Crippen LogP contribution is 2.30. The molecule has 0 bridgehead atoms. The molecule has 0 heterocycles. The lowest BCUT2D eigenvalue weighted by Crippen LogP contribution is -2.52. The van der Waals surface area contributed by atoms with E-state index >= 15 is 0 Å². The molecular formula is C22H19F4N2O2+. The molecule has 0 radical (unpaired) electrons. The summed E-state index contributed by atoms with van der Waals surface area (Å²) in [5, 5.41) is 8.48. The molecule has 0 N–H and O–H groups in total.